The molecule has 0 spiro atoms. The van der Waals surface area contributed by atoms with E-state index in [1.807, 2.05) is 0 Å². The Morgan fingerprint density at radius 3 is 2.67 bits per heavy atom. The number of aliphatic hydroxyl groups is 1. The zero-order valence-electron chi connectivity index (χ0n) is 6.74. The lowest BCUT2D eigenvalue weighted by Gasteiger charge is -2.13. The van der Waals surface area contributed by atoms with Crippen molar-refractivity contribution in [2.24, 2.45) is 5.73 Å². The van der Waals surface area contributed by atoms with Crippen LogP contribution in [-0.4, -0.2) is 16.2 Å². The Labute approximate surface area is 70.0 Å². The fraction of sp³-hybridized carbons (Fsp3) is 0.375. The number of pyridine rings is 1. The average Bonchev–Trinajstić information content (AvgIpc) is 2.04. The van der Waals surface area contributed by atoms with Gasteiger partial charge in [0.25, 0.3) is 0 Å². The van der Waals surface area contributed by atoms with Gasteiger partial charge in [-0.2, -0.15) is 0 Å². The fourth-order valence-electron chi connectivity index (χ4n) is 0.832. The molecule has 2 atom stereocenters. The van der Waals surface area contributed by atoms with Crippen molar-refractivity contribution < 1.29 is 9.50 Å². The molecule has 0 aliphatic rings. The molecule has 0 radical (unpaired) electrons. The predicted octanol–water partition coefficient (Wildman–Crippen LogP) is 0.601. The zero-order valence-corrected chi connectivity index (χ0v) is 6.74. The molecule has 0 fully saturated rings. The molecule has 1 aromatic heterocycles. The Hall–Kier alpha value is -1.00. The van der Waals surface area contributed by atoms with Crippen molar-refractivity contribution >= 4 is 0 Å². The van der Waals surface area contributed by atoms with Crippen LogP contribution in [0.1, 0.15) is 18.7 Å². The number of nitrogens with zero attached hydrogens (tertiary/aromatic N) is 1. The third kappa shape index (κ3) is 1.99. The van der Waals surface area contributed by atoms with E-state index in [9.17, 15) is 4.39 Å². The van der Waals surface area contributed by atoms with Crippen molar-refractivity contribution in [3.63, 3.8) is 0 Å². The van der Waals surface area contributed by atoms with Crippen LogP contribution in [0.25, 0.3) is 0 Å². The summed E-state index contributed by atoms with van der Waals surface area (Å²) in [6, 6.07) is 2.18. The van der Waals surface area contributed by atoms with E-state index >= 15 is 0 Å². The summed E-state index contributed by atoms with van der Waals surface area (Å²) < 4.78 is 12.4. The molecular weight excluding hydrogens is 159 g/mol. The van der Waals surface area contributed by atoms with Crippen LogP contribution in [0.5, 0.6) is 0 Å². The lowest BCUT2D eigenvalue weighted by Crippen LogP contribution is -2.24. The van der Waals surface area contributed by atoms with E-state index in [2.05, 4.69) is 4.98 Å². The maximum Gasteiger partial charge on any atom is 0.141 e. The summed E-state index contributed by atoms with van der Waals surface area (Å²) in [6.07, 6.45) is 0.403. The quantitative estimate of drug-likeness (QED) is 0.683. The Kier molecular flexibility index (Phi) is 2.73. The van der Waals surface area contributed by atoms with Gasteiger partial charge in [0.15, 0.2) is 0 Å². The maximum absolute atomic E-state index is 12.4. The van der Waals surface area contributed by atoms with Gasteiger partial charge in [-0.3, -0.25) is 4.98 Å². The second-order valence-corrected chi connectivity index (χ2v) is 2.67. The van der Waals surface area contributed by atoms with Crippen molar-refractivity contribution in [1.82, 2.24) is 4.98 Å². The highest BCUT2D eigenvalue weighted by Crippen LogP contribution is 2.10. The second kappa shape index (κ2) is 3.60. The molecule has 0 amide bonds. The summed E-state index contributed by atoms with van der Waals surface area (Å²) in [5.41, 5.74) is 6.04. The number of hydrogen-bond donors (Lipinski definition) is 2. The molecule has 66 valence electrons. The number of hydrogen-bond acceptors (Lipinski definition) is 3. The van der Waals surface area contributed by atoms with Crippen molar-refractivity contribution in [2.75, 3.05) is 0 Å². The summed E-state index contributed by atoms with van der Waals surface area (Å²) in [4.78, 5) is 3.74. The molecule has 0 saturated heterocycles. The van der Waals surface area contributed by atoms with Crippen LogP contribution in [-0.2, 0) is 0 Å². The summed E-state index contributed by atoms with van der Waals surface area (Å²) >= 11 is 0. The van der Waals surface area contributed by atoms with Crippen LogP contribution in [0.3, 0.4) is 0 Å². The summed E-state index contributed by atoms with van der Waals surface area (Å²) in [5.74, 6) is -0.406. The summed E-state index contributed by atoms with van der Waals surface area (Å²) in [7, 11) is 0. The van der Waals surface area contributed by atoms with E-state index in [0.717, 1.165) is 6.20 Å². The Morgan fingerprint density at radius 2 is 2.25 bits per heavy atom. The van der Waals surface area contributed by atoms with Crippen molar-refractivity contribution in [3.05, 3.63) is 29.8 Å². The van der Waals surface area contributed by atoms with E-state index < -0.39 is 18.0 Å². The smallest absolute Gasteiger partial charge is 0.141 e. The Balaban J connectivity index is 2.82. The molecular formula is C8H11FN2O. The number of aliphatic hydroxyl groups excluding tert-OH is 1. The fourth-order valence-corrected chi connectivity index (χ4v) is 0.832. The first-order valence-electron chi connectivity index (χ1n) is 3.66. The largest absolute Gasteiger partial charge is 0.391 e. The molecule has 0 aliphatic carbocycles. The van der Waals surface area contributed by atoms with Crippen LogP contribution in [0.4, 0.5) is 4.39 Å². The number of halogens is 1. The number of aromatic nitrogens is 1. The van der Waals surface area contributed by atoms with Crippen molar-refractivity contribution in [3.8, 4) is 0 Å². The minimum atomic E-state index is -0.678. The topological polar surface area (TPSA) is 59.1 Å². The minimum Gasteiger partial charge on any atom is -0.391 e. The lowest BCUT2D eigenvalue weighted by molar-refractivity contribution is 0.162. The van der Waals surface area contributed by atoms with Crippen LogP contribution < -0.4 is 5.73 Å². The van der Waals surface area contributed by atoms with Crippen LogP contribution in [0.15, 0.2) is 18.3 Å². The van der Waals surface area contributed by atoms with Gasteiger partial charge in [-0.15, -0.1) is 0 Å². The summed E-state index contributed by atoms with van der Waals surface area (Å²) in [6.45, 7) is 1.57. The summed E-state index contributed by atoms with van der Waals surface area (Å²) in [5, 5.41) is 9.08. The highest BCUT2D eigenvalue weighted by atomic mass is 19.1. The van der Waals surface area contributed by atoms with Gasteiger partial charge < -0.3 is 10.8 Å². The highest BCUT2D eigenvalue weighted by Gasteiger charge is 2.12. The first-order chi connectivity index (χ1) is 5.61. The normalized spacial score (nSPS) is 15.7. The van der Waals surface area contributed by atoms with Gasteiger partial charge in [0.2, 0.25) is 0 Å². The molecule has 0 aromatic carbocycles. The van der Waals surface area contributed by atoms with Crippen LogP contribution in [0, 0.1) is 5.82 Å². The van der Waals surface area contributed by atoms with Gasteiger partial charge in [-0.05, 0) is 19.1 Å². The molecule has 0 saturated carbocycles. The minimum absolute atomic E-state index is 0.406. The van der Waals surface area contributed by atoms with E-state index in [1.54, 1.807) is 6.92 Å². The molecule has 0 bridgehead atoms. The second-order valence-electron chi connectivity index (χ2n) is 2.67. The van der Waals surface area contributed by atoms with Gasteiger partial charge in [0, 0.05) is 0 Å². The molecule has 4 heteroatoms. The zero-order chi connectivity index (χ0) is 9.14. The molecule has 0 unspecified atom stereocenters. The SMILES string of the molecule is C[C@H](O)[C@H](N)c1ccc(F)cn1. The van der Waals surface area contributed by atoms with E-state index in [4.69, 9.17) is 10.8 Å². The molecule has 12 heavy (non-hydrogen) atoms. The number of rotatable bonds is 2. The van der Waals surface area contributed by atoms with E-state index in [-0.39, 0.29) is 0 Å². The lowest BCUT2D eigenvalue weighted by atomic mass is 10.1. The first-order valence-corrected chi connectivity index (χ1v) is 3.66. The molecule has 3 N–H and O–H groups in total. The van der Waals surface area contributed by atoms with Gasteiger partial charge in [0.05, 0.1) is 24.0 Å². The molecule has 1 rings (SSSR count). The molecule has 0 aliphatic heterocycles. The van der Waals surface area contributed by atoms with Crippen molar-refractivity contribution in [2.45, 2.75) is 19.1 Å². The Morgan fingerprint density at radius 1 is 1.58 bits per heavy atom. The third-order valence-electron chi connectivity index (χ3n) is 1.61. The van der Waals surface area contributed by atoms with Gasteiger partial charge in [-0.25, -0.2) is 4.39 Å². The average molecular weight is 170 g/mol. The Bertz CT molecular complexity index is 248. The first kappa shape index (κ1) is 9.09. The monoisotopic (exact) mass is 170 g/mol. The van der Waals surface area contributed by atoms with Crippen LogP contribution in [0.2, 0.25) is 0 Å². The van der Waals surface area contributed by atoms with Crippen molar-refractivity contribution in [1.29, 1.82) is 0 Å². The molecule has 1 aromatic rings. The maximum atomic E-state index is 12.4. The molecule has 1 heterocycles. The molecule has 3 nitrogen and oxygen atoms in total. The van der Waals surface area contributed by atoms with Gasteiger partial charge in [0.1, 0.15) is 5.82 Å². The van der Waals surface area contributed by atoms with E-state index in [0.29, 0.717) is 5.69 Å². The number of nitrogens with two attached hydrogens (primary N) is 1. The highest BCUT2D eigenvalue weighted by molar-refractivity contribution is 5.10. The van der Waals surface area contributed by atoms with Gasteiger partial charge in [-0.1, -0.05) is 0 Å². The predicted molar refractivity (Wildman–Crippen MR) is 42.8 cm³/mol. The van der Waals surface area contributed by atoms with Gasteiger partial charge >= 0.3 is 0 Å². The third-order valence-corrected chi connectivity index (χ3v) is 1.61. The van der Waals surface area contributed by atoms with E-state index in [1.165, 1.54) is 12.1 Å². The standard InChI is InChI=1S/C8H11FN2O/c1-5(12)8(10)7-3-2-6(9)4-11-7/h2-5,8,12H,10H2,1H3/t5-,8-/m0/s1. The van der Waals surface area contributed by atoms with Crippen LogP contribution >= 0.6 is 0 Å².